The van der Waals surface area contributed by atoms with Crippen molar-refractivity contribution in [2.75, 3.05) is 25.5 Å². The molecule has 0 aliphatic heterocycles. The van der Waals surface area contributed by atoms with Gasteiger partial charge < -0.3 is 10.2 Å². The van der Waals surface area contributed by atoms with Crippen LogP contribution in [-0.4, -0.2) is 51.2 Å². The third kappa shape index (κ3) is 3.54. The predicted octanol–water partition coefficient (Wildman–Crippen LogP) is 2.15. The minimum atomic E-state index is 0.221. The van der Waals surface area contributed by atoms with E-state index in [1.807, 2.05) is 0 Å². The van der Waals surface area contributed by atoms with Crippen LogP contribution in [0.1, 0.15) is 20.3 Å². The topological polar surface area (TPSA) is 69.7 Å². The number of H-pyrrole nitrogens is 1. The van der Waals surface area contributed by atoms with Crippen molar-refractivity contribution in [2.45, 2.75) is 26.3 Å². The Balaban J connectivity index is 1.93. The monoisotopic (exact) mass is 282 g/mol. The second-order valence-electron chi connectivity index (χ2n) is 4.83. The average molecular weight is 283 g/mol. The van der Waals surface area contributed by atoms with Crippen LogP contribution < -0.4 is 5.32 Å². The number of rotatable bonds is 6. The van der Waals surface area contributed by atoms with Crippen molar-refractivity contribution in [3.8, 4) is 0 Å². The molecule has 2 rings (SSSR count). The third-order valence-electron chi connectivity index (χ3n) is 3.14. The van der Waals surface area contributed by atoms with Crippen LogP contribution in [-0.2, 0) is 0 Å². The molecule has 2 aromatic heterocycles. The highest BCUT2D eigenvalue weighted by molar-refractivity contribution is 6.28. The fourth-order valence-electron chi connectivity index (χ4n) is 1.74. The lowest BCUT2D eigenvalue weighted by molar-refractivity contribution is 0.273. The molecule has 2 N–H and O–H groups in total. The molecule has 0 saturated carbocycles. The molecule has 7 heteroatoms. The number of aromatic nitrogens is 4. The van der Waals surface area contributed by atoms with Crippen LogP contribution in [0.25, 0.3) is 11.0 Å². The van der Waals surface area contributed by atoms with E-state index < -0.39 is 0 Å². The summed E-state index contributed by atoms with van der Waals surface area (Å²) in [6.45, 7) is 6.25. The van der Waals surface area contributed by atoms with Gasteiger partial charge in [-0.25, -0.2) is 0 Å². The number of hydrogen-bond acceptors (Lipinski definition) is 5. The van der Waals surface area contributed by atoms with Gasteiger partial charge in [0.05, 0.1) is 11.6 Å². The maximum absolute atomic E-state index is 5.87. The van der Waals surface area contributed by atoms with Crippen molar-refractivity contribution in [1.29, 1.82) is 0 Å². The smallest absolute Gasteiger partial charge is 0.226 e. The molecule has 0 saturated heterocycles. The summed E-state index contributed by atoms with van der Waals surface area (Å²) in [5, 5.41) is 11.1. The second-order valence-corrected chi connectivity index (χ2v) is 5.17. The van der Waals surface area contributed by atoms with Gasteiger partial charge in [-0.15, -0.1) is 0 Å². The van der Waals surface area contributed by atoms with E-state index in [2.05, 4.69) is 51.3 Å². The summed E-state index contributed by atoms with van der Waals surface area (Å²) in [4.78, 5) is 10.6. The highest BCUT2D eigenvalue weighted by atomic mass is 35.5. The van der Waals surface area contributed by atoms with E-state index in [0.29, 0.717) is 11.7 Å². The zero-order chi connectivity index (χ0) is 13.8. The van der Waals surface area contributed by atoms with E-state index in [9.17, 15) is 0 Å². The maximum Gasteiger partial charge on any atom is 0.226 e. The Morgan fingerprint density at radius 1 is 1.42 bits per heavy atom. The largest absolute Gasteiger partial charge is 0.369 e. The van der Waals surface area contributed by atoms with Crippen LogP contribution in [0.3, 0.4) is 0 Å². The summed E-state index contributed by atoms with van der Waals surface area (Å²) in [6.07, 6.45) is 2.74. The summed E-state index contributed by atoms with van der Waals surface area (Å²) >= 11 is 5.87. The van der Waals surface area contributed by atoms with Gasteiger partial charge in [0.15, 0.2) is 5.65 Å². The molecular weight excluding hydrogens is 264 g/mol. The van der Waals surface area contributed by atoms with Gasteiger partial charge in [-0.3, -0.25) is 5.10 Å². The SMILES string of the molecule is CC(C)N(C)CCCNc1nc(Cl)nc2[nH]ncc12. The lowest BCUT2D eigenvalue weighted by Crippen LogP contribution is -2.28. The van der Waals surface area contributed by atoms with Gasteiger partial charge in [-0.1, -0.05) is 0 Å². The number of nitrogens with one attached hydrogen (secondary N) is 2. The third-order valence-corrected chi connectivity index (χ3v) is 3.31. The lowest BCUT2D eigenvalue weighted by atomic mass is 10.3. The number of hydrogen-bond donors (Lipinski definition) is 2. The first-order valence-electron chi connectivity index (χ1n) is 6.38. The minimum Gasteiger partial charge on any atom is -0.369 e. The maximum atomic E-state index is 5.87. The van der Waals surface area contributed by atoms with Crippen molar-refractivity contribution >= 4 is 28.5 Å². The Morgan fingerprint density at radius 2 is 2.21 bits per heavy atom. The molecule has 0 fully saturated rings. The van der Waals surface area contributed by atoms with Gasteiger partial charge in [0.2, 0.25) is 5.28 Å². The van der Waals surface area contributed by atoms with Gasteiger partial charge in [0, 0.05) is 12.6 Å². The van der Waals surface area contributed by atoms with E-state index in [4.69, 9.17) is 11.6 Å². The Labute approximate surface area is 117 Å². The van der Waals surface area contributed by atoms with Crippen molar-refractivity contribution in [3.63, 3.8) is 0 Å². The van der Waals surface area contributed by atoms with Crippen LogP contribution in [0.5, 0.6) is 0 Å². The number of anilines is 1. The molecule has 6 nitrogen and oxygen atoms in total. The first kappa shape index (κ1) is 14.0. The predicted molar refractivity (Wildman–Crippen MR) is 77.6 cm³/mol. The molecule has 0 aliphatic carbocycles. The fraction of sp³-hybridized carbons (Fsp3) is 0.583. The molecular formula is C12H19ClN6. The summed E-state index contributed by atoms with van der Waals surface area (Å²) in [5.41, 5.74) is 0.654. The number of halogens is 1. The van der Waals surface area contributed by atoms with Gasteiger partial charge >= 0.3 is 0 Å². The molecule has 0 bridgehead atoms. The van der Waals surface area contributed by atoms with Crippen molar-refractivity contribution in [1.82, 2.24) is 25.1 Å². The van der Waals surface area contributed by atoms with Crippen LogP contribution in [0.15, 0.2) is 6.20 Å². The first-order chi connectivity index (χ1) is 9.08. The quantitative estimate of drug-likeness (QED) is 0.627. The molecule has 104 valence electrons. The molecule has 0 spiro atoms. The number of nitrogens with zero attached hydrogens (tertiary/aromatic N) is 4. The van der Waals surface area contributed by atoms with Crippen molar-refractivity contribution in [3.05, 3.63) is 11.5 Å². The van der Waals surface area contributed by atoms with Gasteiger partial charge in [-0.2, -0.15) is 15.1 Å². The molecule has 0 unspecified atom stereocenters. The highest BCUT2D eigenvalue weighted by Crippen LogP contribution is 2.19. The average Bonchev–Trinajstić information content (AvgIpc) is 2.81. The zero-order valence-electron chi connectivity index (χ0n) is 11.4. The van der Waals surface area contributed by atoms with Crippen LogP contribution in [0, 0.1) is 0 Å². The molecule has 0 amide bonds. The molecule has 2 aromatic rings. The molecule has 2 heterocycles. The first-order valence-corrected chi connectivity index (χ1v) is 6.76. The molecule has 0 radical (unpaired) electrons. The Morgan fingerprint density at radius 3 is 2.95 bits per heavy atom. The summed E-state index contributed by atoms with van der Waals surface area (Å²) in [7, 11) is 2.13. The molecule has 0 aliphatic rings. The highest BCUT2D eigenvalue weighted by Gasteiger charge is 2.08. The number of aromatic amines is 1. The lowest BCUT2D eigenvalue weighted by Gasteiger charge is -2.20. The van der Waals surface area contributed by atoms with Crippen LogP contribution in [0.4, 0.5) is 5.82 Å². The van der Waals surface area contributed by atoms with E-state index in [1.54, 1.807) is 6.20 Å². The molecule has 19 heavy (non-hydrogen) atoms. The van der Waals surface area contributed by atoms with Gasteiger partial charge in [0.1, 0.15) is 5.82 Å². The summed E-state index contributed by atoms with van der Waals surface area (Å²) in [6, 6.07) is 0.564. The summed E-state index contributed by atoms with van der Waals surface area (Å²) < 4.78 is 0. The number of fused-ring (bicyclic) bond motifs is 1. The standard InChI is InChI=1S/C12H19ClN6/c1-8(2)19(3)6-4-5-14-10-9-7-15-18-11(9)17-12(13)16-10/h7-8H,4-6H2,1-3H3,(H2,14,15,16,17,18). The van der Waals surface area contributed by atoms with Gasteiger partial charge in [-0.05, 0) is 45.5 Å². The van der Waals surface area contributed by atoms with Crippen LogP contribution in [0.2, 0.25) is 5.28 Å². The van der Waals surface area contributed by atoms with E-state index >= 15 is 0 Å². The Hall–Kier alpha value is -1.40. The normalized spacial score (nSPS) is 11.7. The molecule has 0 aromatic carbocycles. The van der Waals surface area contributed by atoms with E-state index in [-0.39, 0.29) is 5.28 Å². The van der Waals surface area contributed by atoms with Crippen molar-refractivity contribution in [2.24, 2.45) is 0 Å². The fourth-order valence-corrected chi connectivity index (χ4v) is 1.90. The zero-order valence-corrected chi connectivity index (χ0v) is 12.2. The van der Waals surface area contributed by atoms with E-state index in [0.717, 1.165) is 30.7 Å². The molecule has 0 atom stereocenters. The van der Waals surface area contributed by atoms with Crippen LogP contribution >= 0.6 is 11.6 Å². The minimum absolute atomic E-state index is 0.221. The van der Waals surface area contributed by atoms with Crippen molar-refractivity contribution < 1.29 is 0 Å². The van der Waals surface area contributed by atoms with E-state index in [1.165, 1.54) is 0 Å². The Bertz CT molecular complexity index is 538. The second kappa shape index (κ2) is 6.16. The van der Waals surface area contributed by atoms with Gasteiger partial charge in [0.25, 0.3) is 0 Å². The Kier molecular flexibility index (Phi) is 4.55. The summed E-state index contributed by atoms with van der Waals surface area (Å²) in [5.74, 6) is 0.732.